The number of hydrogen-bond acceptors (Lipinski definition) is 4. The lowest BCUT2D eigenvalue weighted by Gasteiger charge is -2.72. The number of aliphatic hydroxyl groups is 1. The zero-order chi connectivity index (χ0) is 31.6. The Morgan fingerprint density at radius 2 is 1.56 bits per heavy atom. The van der Waals surface area contributed by atoms with Crippen LogP contribution in [0, 0.1) is 56.7 Å². The lowest BCUT2D eigenvalue weighted by Crippen LogP contribution is -2.67. The predicted octanol–water partition coefficient (Wildman–Crippen LogP) is 6.10. The van der Waals surface area contributed by atoms with Crippen LogP contribution < -0.4 is 10.6 Å². The number of carboxylic acid groups (broad SMARTS) is 1. The van der Waals surface area contributed by atoms with Gasteiger partial charge in [0.2, 0.25) is 11.8 Å². The number of allylic oxidation sites excluding steroid dienone is 1. The average molecular weight is 599 g/mol. The molecule has 0 spiro atoms. The molecule has 0 aliphatic heterocycles. The van der Waals surface area contributed by atoms with Crippen molar-refractivity contribution in [2.75, 3.05) is 13.1 Å². The summed E-state index contributed by atoms with van der Waals surface area (Å²) in [6, 6.07) is 0. The van der Waals surface area contributed by atoms with E-state index in [1.165, 1.54) is 24.8 Å². The highest BCUT2D eigenvalue weighted by molar-refractivity contribution is 5.84. The molecule has 0 aromatic rings. The zero-order valence-electron chi connectivity index (χ0n) is 27.7. The van der Waals surface area contributed by atoms with Crippen molar-refractivity contribution in [1.82, 2.24) is 10.6 Å². The summed E-state index contributed by atoms with van der Waals surface area (Å²) in [5.41, 5.74) is 1.35. The maximum atomic E-state index is 14.2. The molecular weight excluding hydrogens is 540 g/mol. The average Bonchev–Trinajstić information content (AvgIpc) is 3.34. The third-order valence-corrected chi connectivity index (χ3v) is 14.8. The van der Waals surface area contributed by atoms with Crippen molar-refractivity contribution in [1.29, 1.82) is 0 Å². The smallest absolute Gasteiger partial charge is 0.322 e. The third kappa shape index (κ3) is 4.89. The van der Waals surface area contributed by atoms with Crippen molar-refractivity contribution >= 4 is 17.8 Å². The monoisotopic (exact) mass is 598 g/mol. The molecule has 242 valence electrons. The number of hydrogen-bond donors (Lipinski definition) is 4. The summed E-state index contributed by atoms with van der Waals surface area (Å²) in [7, 11) is 0. The molecule has 0 aromatic carbocycles. The minimum atomic E-state index is -1.06. The van der Waals surface area contributed by atoms with Crippen LogP contribution in [0.2, 0.25) is 0 Å². The van der Waals surface area contributed by atoms with Gasteiger partial charge in [0.15, 0.2) is 0 Å². The molecular formula is C36H58N2O5. The Morgan fingerprint density at radius 3 is 2.23 bits per heavy atom. The molecule has 5 rings (SSSR count). The van der Waals surface area contributed by atoms with Gasteiger partial charge in [0.25, 0.3) is 0 Å². The highest BCUT2D eigenvalue weighted by Gasteiger charge is 2.71. The van der Waals surface area contributed by atoms with Crippen molar-refractivity contribution < 1.29 is 24.6 Å². The Balaban J connectivity index is 1.37. The number of carbonyl (C=O) groups excluding carboxylic acids is 2. The van der Waals surface area contributed by atoms with E-state index in [2.05, 4.69) is 58.8 Å². The van der Waals surface area contributed by atoms with E-state index < -0.39 is 5.97 Å². The first-order valence-electron chi connectivity index (χ1n) is 17.1. The summed E-state index contributed by atoms with van der Waals surface area (Å²) in [6.45, 7) is 19.0. The van der Waals surface area contributed by atoms with Crippen molar-refractivity contribution in [2.24, 2.45) is 56.7 Å². The van der Waals surface area contributed by atoms with E-state index >= 15 is 0 Å². The van der Waals surface area contributed by atoms with E-state index in [0.717, 1.165) is 44.9 Å². The summed E-state index contributed by atoms with van der Waals surface area (Å²) < 4.78 is 0. The fraction of sp³-hybridized carbons (Fsp3) is 0.861. The normalized spacial score (nSPS) is 44.6. The number of fused-ring (bicyclic) bond motifs is 7. The Hall–Kier alpha value is -1.89. The van der Waals surface area contributed by atoms with Crippen LogP contribution >= 0.6 is 0 Å². The Labute approximate surface area is 259 Å². The van der Waals surface area contributed by atoms with Gasteiger partial charge in [0, 0.05) is 13.0 Å². The van der Waals surface area contributed by atoms with E-state index in [1.54, 1.807) is 0 Å². The maximum Gasteiger partial charge on any atom is 0.322 e. The van der Waals surface area contributed by atoms with Crippen molar-refractivity contribution in [3.05, 3.63) is 12.2 Å². The summed E-state index contributed by atoms with van der Waals surface area (Å²) in [6.07, 6.45) is 11.1. The number of amides is 2. The molecule has 5 fully saturated rings. The second kappa shape index (κ2) is 11.2. The molecule has 0 unspecified atom stereocenters. The highest BCUT2D eigenvalue weighted by Crippen LogP contribution is 2.77. The number of carboxylic acids is 1. The van der Waals surface area contributed by atoms with Crippen molar-refractivity contribution in [2.45, 2.75) is 125 Å². The predicted molar refractivity (Wildman–Crippen MR) is 168 cm³/mol. The fourth-order valence-corrected chi connectivity index (χ4v) is 12.4. The summed E-state index contributed by atoms with van der Waals surface area (Å²) in [5, 5.41) is 25.4. The molecule has 7 heteroatoms. The van der Waals surface area contributed by atoms with Gasteiger partial charge in [-0.25, -0.2) is 0 Å². The van der Waals surface area contributed by atoms with Gasteiger partial charge in [-0.15, -0.1) is 0 Å². The number of rotatable bonds is 8. The Kier molecular flexibility index (Phi) is 8.44. The van der Waals surface area contributed by atoms with Gasteiger partial charge < -0.3 is 20.8 Å². The number of nitrogens with one attached hydrogen (secondary N) is 2. The van der Waals surface area contributed by atoms with E-state index in [1.807, 2.05) is 0 Å². The van der Waals surface area contributed by atoms with Crippen LogP contribution in [0.1, 0.15) is 119 Å². The van der Waals surface area contributed by atoms with Gasteiger partial charge in [0.1, 0.15) is 6.54 Å². The molecule has 0 saturated heterocycles. The van der Waals surface area contributed by atoms with Gasteiger partial charge >= 0.3 is 5.97 Å². The minimum absolute atomic E-state index is 0.0562. The first-order chi connectivity index (χ1) is 20.0. The second-order valence-corrected chi connectivity index (χ2v) is 16.7. The molecule has 0 bridgehead atoms. The number of carbonyl (C=O) groups is 3. The lowest BCUT2D eigenvalue weighted by molar-refractivity contribution is -0.246. The Morgan fingerprint density at radius 1 is 0.837 bits per heavy atom. The molecule has 7 nitrogen and oxygen atoms in total. The minimum Gasteiger partial charge on any atom is -0.480 e. The molecule has 4 N–H and O–H groups in total. The van der Waals surface area contributed by atoms with E-state index in [9.17, 15) is 19.5 Å². The standard InChI is InChI=1S/C36H58N2O5/c1-22(2)23-12-17-36(31(43)37-20-8-9-28(40)38-21-29(41)42)19-18-34(6)24(30(23)36)10-11-26-33(5)15-14-27(39)32(3,4)25(33)13-16-35(26,34)7/h23-27,30,39H,1,8-21H2,2-7H3,(H,37,43)(H,38,40)(H,41,42)/t23-,24+,25-,26+,27-,30+,33-,34+,35+,36-/m0/s1. The third-order valence-electron chi connectivity index (χ3n) is 14.8. The van der Waals surface area contributed by atoms with Crippen LogP contribution in [0.5, 0.6) is 0 Å². The van der Waals surface area contributed by atoms with Crippen LogP contribution in [0.4, 0.5) is 0 Å². The lowest BCUT2D eigenvalue weighted by atomic mass is 9.32. The van der Waals surface area contributed by atoms with Gasteiger partial charge in [-0.05, 0) is 129 Å². The largest absolute Gasteiger partial charge is 0.480 e. The SMILES string of the molecule is C=C(C)[C@@H]1CC[C@]2(C(=O)NCCCC(=O)NCC(=O)O)CC[C@]3(C)[C@H](CC[C@@H]4[C@@]5(C)CC[C@H](O)C(C)(C)[C@@H]5CC[C@]43C)[C@@H]12. The van der Waals surface area contributed by atoms with Crippen LogP contribution in [0.15, 0.2) is 12.2 Å². The van der Waals surface area contributed by atoms with Gasteiger partial charge in [-0.3, -0.25) is 14.4 Å². The van der Waals surface area contributed by atoms with E-state index in [-0.39, 0.29) is 63.9 Å². The van der Waals surface area contributed by atoms with Gasteiger partial charge in [0.05, 0.1) is 11.5 Å². The van der Waals surface area contributed by atoms with Crippen molar-refractivity contribution in [3.63, 3.8) is 0 Å². The Bertz CT molecular complexity index is 1150. The second-order valence-electron chi connectivity index (χ2n) is 16.7. The zero-order valence-corrected chi connectivity index (χ0v) is 27.7. The molecule has 2 amide bonds. The van der Waals surface area contributed by atoms with Crippen LogP contribution in [0.3, 0.4) is 0 Å². The highest BCUT2D eigenvalue weighted by atomic mass is 16.4. The molecule has 43 heavy (non-hydrogen) atoms. The molecule has 0 radical (unpaired) electrons. The number of aliphatic hydroxyl groups excluding tert-OH is 1. The fourth-order valence-electron chi connectivity index (χ4n) is 12.4. The molecule has 0 heterocycles. The number of aliphatic carboxylic acids is 1. The van der Waals surface area contributed by atoms with E-state index in [0.29, 0.717) is 36.6 Å². The molecule has 5 saturated carbocycles. The van der Waals surface area contributed by atoms with E-state index in [4.69, 9.17) is 5.11 Å². The van der Waals surface area contributed by atoms with Gasteiger partial charge in [-0.2, -0.15) is 0 Å². The summed E-state index contributed by atoms with van der Waals surface area (Å²) in [5.74, 6) is 1.08. The van der Waals surface area contributed by atoms with Gasteiger partial charge in [-0.1, -0.05) is 46.8 Å². The maximum absolute atomic E-state index is 14.2. The van der Waals surface area contributed by atoms with Crippen molar-refractivity contribution in [3.8, 4) is 0 Å². The first kappa shape index (κ1) is 32.5. The summed E-state index contributed by atoms with van der Waals surface area (Å²) in [4.78, 5) is 36.9. The molecule has 10 atom stereocenters. The molecule has 5 aliphatic carbocycles. The first-order valence-corrected chi connectivity index (χ1v) is 17.1. The van der Waals surface area contributed by atoms with Crippen LogP contribution in [0.25, 0.3) is 0 Å². The topological polar surface area (TPSA) is 116 Å². The summed E-state index contributed by atoms with van der Waals surface area (Å²) >= 11 is 0. The van der Waals surface area contributed by atoms with Crippen LogP contribution in [-0.2, 0) is 14.4 Å². The quantitative estimate of drug-likeness (QED) is 0.199. The molecule has 0 aromatic heterocycles. The molecule has 5 aliphatic rings. The van der Waals surface area contributed by atoms with Crippen LogP contribution in [-0.4, -0.2) is 47.2 Å².